The van der Waals surface area contributed by atoms with E-state index in [1.165, 1.54) is 5.56 Å². The van der Waals surface area contributed by atoms with Crippen LogP contribution in [0.5, 0.6) is 0 Å². The maximum Gasteiger partial charge on any atom is 0.252 e. The zero-order valence-electron chi connectivity index (χ0n) is 12.8. The van der Waals surface area contributed by atoms with Gasteiger partial charge in [-0.15, -0.1) is 11.8 Å². The van der Waals surface area contributed by atoms with Crippen LogP contribution in [0.4, 0.5) is 0 Å². The topological polar surface area (TPSA) is 32.3 Å². The molecule has 0 aliphatic rings. The Labute approximate surface area is 144 Å². The lowest BCUT2D eigenvalue weighted by Gasteiger charge is -2.24. The smallest absolute Gasteiger partial charge is 0.252 e. The van der Waals surface area contributed by atoms with Crippen LogP contribution in [0.1, 0.15) is 22.0 Å². The third-order valence-corrected chi connectivity index (χ3v) is 5.18. The van der Waals surface area contributed by atoms with Crippen molar-refractivity contribution < 1.29 is 4.79 Å². The molecule has 6 heteroatoms. The highest BCUT2D eigenvalue weighted by atomic mass is 35.5. The van der Waals surface area contributed by atoms with E-state index in [0.717, 1.165) is 4.90 Å². The molecule has 1 heterocycles. The van der Waals surface area contributed by atoms with Gasteiger partial charge >= 0.3 is 0 Å². The number of carbonyl (C=O) groups is 1. The average Bonchev–Trinajstić information content (AvgIpc) is 3.01. The van der Waals surface area contributed by atoms with Gasteiger partial charge in [-0.25, -0.2) is 0 Å². The molecule has 0 aliphatic carbocycles. The molecule has 0 unspecified atom stereocenters. The van der Waals surface area contributed by atoms with Crippen LogP contribution < -0.4 is 5.32 Å². The number of rotatable bonds is 6. The molecule has 0 saturated heterocycles. The van der Waals surface area contributed by atoms with Gasteiger partial charge in [-0.1, -0.05) is 11.6 Å². The van der Waals surface area contributed by atoms with Gasteiger partial charge in [0.05, 0.1) is 16.6 Å². The third-order valence-electron chi connectivity index (χ3n) is 3.43. The molecule has 0 bridgehead atoms. The Hall–Kier alpha value is -1.01. The number of benzene rings is 1. The highest BCUT2D eigenvalue weighted by molar-refractivity contribution is 7.98. The Morgan fingerprint density at radius 2 is 2.18 bits per heavy atom. The molecule has 118 valence electrons. The van der Waals surface area contributed by atoms with Crippen molar-refractivity contribution in [1.29, 1.82) is 0 Å². The standard InChI is InChI=1S/C16H19ClN2OS2/c1-19(2)15(11-6-7-22-10-11)9-18-16(20)13-8-12(21-3)4-5-14(13)17/h4-8,10,15H,9H2,1-3H3,(H,18,20)/t15-/m0/s1. The Morgan fingerprint density at radius 1 is 1.41 bits per heavy atom. The quantitative estimate of drug-likeness (QED) is 0.791. The molecule has 0 saturated carbocycles. The highest BCUT2D eigenvalue weighted by Gasteiger charge is 2.17. The van der Waals surface area contributed by atoms with Gasteiger partial charge < -0.3 is 10.2 Å². The van der Waals surface area contributed by atoms with Gasteiger partial charge in [0.1, 0.15) is 0 Å². The molecule has 2 aromatic rings. The second-order valence-corrected chi connectivity index (χ2v) is 7.16. The summed E-state index contributed by atoms with van der Waals surface area (Å²) in [6.45, 7) is 0.544. The van der Waals surface area contributed by atoms with Crippen LogP contribution >= 0.6 is 34.7 Å². The number of nitrogens with one attached hydrogen (secondary N) is 1. The van der Waals surface area contributed by atoms with Crippen LogP contribution in [0, 0.1) is 0 Å². The molecular weight excluding hydrogens is 336 g/mol. The Balaban J connectivity index is 2.08. The van der Waals surface area contributed by atoms with Gasteiger partial charge in [0, 0.05) is 11.4 Å². The molecule has 22 heavy (non-hydrogen) atoms. The molecule has 3 nitrogen and oxygen atoms in total. The molecule has 1 amide bonds. The van der Waals surface area contributed by atoms with E-state index in [2.05, 4.69) is 21.7 Å². The maximum absolute atomic E-state index is 12.4. The van der Waals surface area contributed by atoms with Crippen molar-refractivity contribution in [1.82, 2.24) is 10.2 Å². The first-order valence-electron chi connectivity index (χ1n) is 6.83. The van der Waals surface area contributed by atoms with Crippen LogP contribution in [-0.2, 0) is 0 Å². The molecule has 1 N–H and O–H groups in total. The fraction of sp³-hybridized carbons (Fsp3) is 0.312. The molecule has 1 atom stereocenters. The lowest BCUT2D eigenvalue weighted by atomic mass is 10.1. The number of thioether (sulfide) groups is 1. The highest BCUT2D eigenvalue weighted by Crippen LogP contribution is 2.24. The van der Waals surface area contributed by atoms with Crippen LogP contribution in [0.3, 0.4) is 0 Å². The number of likely N-dealkylation sites (N-methyl/N-ethyl adjacent to an activating group) is 1. The normalized spacial score (nSPS) is 12.4. The van der Waals surface area contributed by atoms with Gasteiger partial charge in [0.25, 0.3) is 5.91 Å². The maximum atomic E-state index is 12.4. The van der Waals surface area contributed by atoms with Gasteiger partial charge in [0.15, 0.2) is 0 Å². The Morgan fingerprint density at radius 3 is 2.77 bits per heavy atom. The lowest BCUT2D eigenvalue weighted by Crippen LogP contribution is -2.34. The minimum Gasteiger partial charge on any atom is -0.350 e. The monoisotopic (exact) mass is 354 g/mol. The van der Waals surface area contributed by atoms with Crippen LogP contribution in [0.2, 0.25) is 5.02 Å². The minimum atomic E-state index is -0.136. The van der Waals surface area contributed by atoms with Crippen molar-refractivity contribution in [3.63, 3.8) is 0 Å². The van der Waals surface area contributed by atoms with Gasteiger partial charge in [-0.3, -0.25) is 4.79 Å². The van der Waals surface area contributed by atoms with E-state index in [1.807, 2.05) is 37.9 Å². The van der Waals surface area contributed by atoms with Gasteiger partial charge in [0.2, 0.25) is 0 Å². The average molecular weight is 355 g/mol. The summed E-state index contributed by atoms with van der Waals surface area (Å²) in [5.74, 6) is -0.136. The Kier molecular flexibility index (Phi) is 6.32. The summed E-state index contributed by atoms with van der Waals surface area (Å²) in [7, 11) is 4.02. The summed E-state index contributed by atoms with van der Waals surface area (Å²) in [5.41, 5.74) is 1.73. The van der Waals surface area contributed by atoms with E-state index < -0.39 is 0 Å². The second kappa shape index (κ2) is 8.02. The van der Waals surface area contributed by atoms with E-state index in [0.29, 0.717) is 17.1 Å². The molecule has 2 rings (SSSR count). The zero-order chi connectivity index (χ0) is 16.1. The fourth-order valence-corrected chi connectivity index (χ4v) is 3.50. The number of amides is 1. The van der Waals surface area contributed by atoms with E-state index in [4.69, 9.17) is 11.6 Å². The van der Waals surface area contributed by atoms with E-state index in [9.17, 15) is 4.79 Å². The fourth-order valence-electron chi connectivity index (χ4n) is 2.15. The summed E-state index contributed by atoms with van der Waals surface area (Å²) in [6.07, 6.45) is 1.98. The lowest BCUT2D eigenvalue weighted by molar-refractivity contribution is 0.0942. The molecule has 0 spiro atoms. The summed E-state index contributed by atoms with van der Waals surface area (Å²) in [5, 5.41) is 7.63. The van der Waals surface area contributed by atoms with Crippen LogP contribution in [0.25, 0.3) is 0 Å². The predicted molar refractivity (Wildman–Crippen MR) is 96.3 cm³/mol. The number of carbonyl (C=O) groups excluding carboxylic acids is 1. The Bertz CT molecular complexity index is 629. The molecule has 1 aromatic heterocycles. The van der Waals surface area contributed by atoms with Gasteiger partial charge in [-0.05, 0) is 60.9 Å². The zero-order valence-corrected chi connectivity index (χ0v) is 15.2. The molecule has 1 aromatic carbocycles. The van der Waals surface area contributed by atoms with Crippen LogP contribution in [-0.4, -0.2) is 37.7 Å². The van der Waals surface area contributed by atoms with Crippen molar-refractivity contribution >= 4 is 40.6 Å². The van der Waals surface area contributed by atoms with E-state index >= 15 is 0 Å². The summed E-state index contributed by atoms with van der Waals surface area (Å²) < 4.78 is 0. The van der Waals surface area contributed by atoms with Crippen LogP contribution in [0.15, 0.2) is 39.9 Å². The molecule has 0 radical (unpaired) electrons. The molecule has 0 fully saturated rings. The predicted octanol–water partition coefficient (Wildman–Crippen LogP) is 4.16. The van der Waals surface area contributed by atoms with Crippen molar-refractivity contribution in [2.45, 2.75) is 10.9 Å². The summed E-state index contributed by atoms with van der Waals surface area (Å²) >= 11 is 9.40. The van der Waals surface area contributed by atoms with Crippen molar-refractivity contribution in [2.24, 2.45) is 0 Å². The third kappa shape index (κ3) is 4.26. The minimum absolute atomic E-state index is 0.136. The van der Waals surface area contributed by atoms with Crippen molar-refractivity contribution in [3.05, 3.63) is 51.2 Å². The first kappa shape index (κ1) is 17.3. The molecular formula is C16H19ClN2OS2. The van der Waals surface area contributed by atoms with E-state index in [1.54, 1.807) is 29.2 Å². The summed E-state index contributed by atoms with van der Waals surface area (Å²) in [4.78, 5) is 15.5. The first-order chi connectivity index (χ1) is 10.5. The first-order valence-corrected chi connectivity index (χ1v) is 9.37. The summed E-state index contributed by atoms with van der Waals surface area (Å²) in [6, 6.07) is 7.75. The SMILES string of the molecule is CSc1ccc(Cl)c(C(=O)NC[C@@H](c2ccsc2)N(C)C)c1. The number of thiophene rings is 1. The van der Waals surface area contributed by atoms with Gasteiger partial charge in [-0.2, -0.15) is 11.3 Å². The number of hydrogen-bond acceptors (Lipinski definition) is 4. The number of nitrogens with zero attached hydrogens (tertiary/aromatic N) is 1. The number of hydrogen-bond donors (Lipinski definition) is 1. The second-order valence-electron chi connectivity index (χ2n) is 5.09. The number of halogens is 1. The van der Waals surface area contributed by atoms with E-state index in [-0.39, 0.29) is 11.9 Å². The van der Waals surface area contributed by atoms with Crippen molar-refractivity contribution in [3.8, 4) is 0 Å². The molecule has 0 aliphatic heterocycles. The largest absolute Gasteiger partial charge is 0.350 e. The van der Waals surface area contributed by atoms with Crippen molar-refractivity contribution in [2.75, 3.05) is 26.9 Å².